The van der Waals surface area contributed by atoms with Gasteiger partial charge in [-0.1, -0.05) is 0 Å². The van der Waals surface area contributed by atoms with Crippen molar-refractivity contribution in [1.29, 1.82) is 0 Å². The minimum atomic E-state index is 0.511. The number of morpholine rings is 1. The summed E-state index contributed by atoms with van der Waals surface area (Å²) in [6, 6.07) is 0.511. The van der Waals surface area contributed by atoms with Gasteiger partial charge in [0.05, 0.1) is 25.2 Å². The van der Waals surface area contributed by atoms with Crippen LogP contribution < -0.4 is 5.32 Å². The van der Waals surface area contributed by atoms with E-state index in [-0.39, 0.29) is 0 Å². The van der Waals surface area contributed by atoms with Crippen molar-refractivity contribution in [2.24, 2.45) is 0 Å². The van der Waals surface area contributed by atoms with Crippen LogP contribution in [0.4, 0.5) is 0 Å². The van der Waals surface area contributed by atoms with Gasteiger partial charge >= 0.3 is 0 Å². The van der Waals surface area contributed by atoms with Gasteiger partial charge in [-0.05, 0) is 19.4 Å². The molecule has 1 aromatic rings. The smallest absolute Gasteiger partial charge is 0.0949 e. The van der Waals surface area contributed by atoms with Crippen LogP contribution in [0.25, 0.3) is 0 Å². The normalized spacial score (nSPS) is 25.7. The molecule has 0 aromatic carbocycles. The molecule has 18 heavy (non-hydrogen) atoms. The molecular formula is C13H22N4O. The van der Waals surface area contributed by atoms with Crippen LogP contribution in [0.3, 0.4) is 0 Å². The molecule has 2 aliphatic rings. The van der Waals surface area contributed by atoms with Crippen molar-refractivity contribution in [3.05, 3.63) is 18.2 Å². The van der Waals surface area contributed by atoms with E-state index in [9.17, 15) is 0 Å². The Hall–Kier alpha value is -0.910. The van der Waals surface area contributed by atoms with Crippen molar-refractivity contribution >= 4 is 0 Å². The third-order valence-corrected chi connectivity index (χ3v) is 3.92. The fourth-order valence-corrected chi connectivity index (χ4v) is 2.82. The molecule has 1 atom stereocenters. The molecule has 2 saturated heterocycles. The average Bonchev–Trinajstić information content (AvgIpc) is 3.08. The van der Waals surface area contributed by atoms with Gasteiger partial charge in [-0.25, -0.2) is 4.98 Å². The largest absolute Gasteiger partial charge is 0.379 e. The minimum absolute atomic E-state index is 0.511. The number of nitrogens with one attached hydrogen (secondary N) is 1. The summed E-state index contributed by atoms with van der Waals surface area (Å²) >= 11 is 0. The lowest BCUT2D eigenvalue weighted by atomic mass is 10.2. The first-order valence-corrected chi connectivity index (χ1v) is 6.97. The molecule has 0 aliphatic carbocycles. The van der Waals surface area contributed by atoms with Gasteiger partial charge in [0.2, 0.25) is 0 Å². The Morgan fingerprint density at radius 3 is 3.00 bits per heavy atom. The van der Waals surface area contributed by atoms with E-state index >= 15 is 0 Å². The van der Waals surface area contributed by atoms with Crippen molar-refractivity contribution in [2.75, 3.05) is 39.4 Å². The molecule has 100 valence electrons. The summed E-state index contributed by atoms with van der Waals surface area (Å²) in [4.78, 5) is 6.78. The monoisotopic (exact) mass is 250 g/mol. The standard InChI is InChI=1S/C13H22N4O/c1-2-12(15-3-1)13-10-14-11-17(13)5-4-16-6-8-18-9-7-16/h10-12,15H,1-9H2. The van der Waals surface area contributed by atoms with E-state index < -0.39 is 0 Å². The van der Waals surface area contributed by atoms with Gasteiger partial charge in [-0.3, -0.25) is 4.90 Å². The average molecular weight is 250 g/mol. The number of nitrogens with zero attached hydrogens (tertiary/aromatic N) is 3. The SMILES string of the molecule is c1ncn(CCN2CCOCC2)c1C1CCCN1. The lowest BCUT2D eigenvalue weighted by Crippen LogP contribution is -2.38. The predicted octanol–water partition coefficient (Wildman–Crippen LogP) is 0.640. The van der Waals surface area contributed by atoms with Crippen LogP contribution in [0.15, 0.2) is 12.5 Å². The van der Waals surface area contributed by atoms with Gasteiger partial charge in [0.15, 0.2) is 0 Å². The highest BCUT2D eigenvalue weighted by molar-refractivity contribution is 5.07. The van der Waals surface area contributed by atoms with E-state index in [2.05, 4.69) is 19.8 Å². The summed E-state index contributed by atoms with van der Waals surface area (Å²) in [6.45, 7) is 7.14. The van der Waals surface area contributed by atoms with Gasteiger partial charge in [0.25, 0.3) is 0 Å². The van der Waals surface area contributed by atoms with Crippen LogP contribution in [0, 0.1) is 0 Å². The van der Waals surface area contributed by atoms with Crippen LogP contribution in [-0.4, -0.2) is 53.8 Å². The molecule has 1 aromatic heterocycles. The summed E-state index contributed by atoms with van der Waals surface area (Å²) < 4.78 is 7.67. The van der Waals surface area contributed by atoms with Crippen molar-refractivity contribution in [2.45, 2.75) is 25.4 Å². The molecule has 3 rings (SSSR count). The summed E-state index contributed by atoms with van der Waals surface area (Å²) in [7, 11) is 0. The highest BCUT2D eigenvalue weighted by Gasteiger charge is 2.20. The maximum absolute atomic E-state index is 5.37. The van der Waals surface area contributed by atoms with E-state index in [1.807, 2.05) is 12.5 Å². The number of rotatable bonds is 4. The lowest BCUT2D eigenvalue weighted by Gasteiger charge is -2.27. The minimum Gasteiger partial charge on any atom is -0.379 e. The Bertz CT molecular complexity index is 367. The van der Waals surface area contributed by atoms with Gasteiger partial charge in [-0.2, -0.15) is 0 Å². The molecule has 5 nitrogen and oxygen atoms in total. The van der Waals surface area contributed by atoms with Crippen molar-refractivity contribution in [3.8, 4) is 0 Å². The van der Waals surface area contributed by atoms with Crippen LogP contribution in [0.2, 0.25) is 0 Å². The Labute approximate surface area is 108 Å². The summed E-state index contributed by atoms with van der Waals surface area (Å²) in [5.41, 5.74) is 1.35. The first-order chi connectivity index (χ1) is 8.93. The second-order valence-electron chi connectivity index (χ2n) is 5.11. The zero-order valence-corrected chi connectivity index (χ0v) is 10.8. The van der Waals surface area contributed by atoms with Crippen molar-refractivity contribution in [3.63, 3.8) is 0 Å². The quantitative estimate of drug-likeness (QED) is 0.851. The third-order valence-electron chi connectivity index (χ3n) is 3.92. The van der Waals surface area contributed by atoms with Gasteiger partial charge in [-0.15, -0.1) is 0 Å². The number of aromatic nitrogens is 2. The summed E-state index contributed by atoms with van der Waals surface area (Å²) in [5, 5.41) is 3.54. The first kappa shape index (κ1) is 12.1. The summed E-state index contributed by atoms with van der Waals surface area (Å²) in [6.07, 6.45) is 6.50. The molecule has 3 heterocycles. The zero-order chi connectivity index (χ0) is 12.2. The Balaban J connectivity index is 1.56. The van der Waals surface area contributed by atoms with E-state index in [4.69, 9.17) is 4.74 Å². The first-order valence-electron chi connectivity index (χ1n) is 6.97. The van der Waals surface area contributed by atoms with Gasteiger partial charge in [0.1, 0.15) is 0 Å². The molecule has 0 spiro atoms. The predicted molar refractivity (Wildman–Crippen MR) is 69.5 cm³/mol. The van der Waals surface area contributed by atoms with Gasteiger partial charge < -0.3 is 14.6 Å². The maximum atomic E-state index is 5.37. The fraction of sp³-hybridized carbons (Fsp3) is 0.769. The lowest BCUT2D eigenvalue weighted by molar-refractivity contribution is 0.0362. The molecule has 2 fully saturated rings. The Morgan fingerprint density at radius 1 is 1.33 bits per heavy atom. The van der Waals surface area contributed by atoms with E-state index in [1.54, 1.807) is 0 Å². The van der Waals surface area contributed by atoms with Crippen molar-refractivity contribution < 1.29 is 4.74 Å². The molecular weight excluding hydrogens is 228 g/mol. The zero-order valence-electron chi connectivity index (χ0n) is 10.8. The van der Waals surface area contributed by atoms with E-state index in [0.717, 1.165) is 45.9 Å². The Morgan fingerprint density at radius 2 is 2.22 bits per heavy atom. The Kier molecular flexibility index (Phi) is 3.93. The van der Waals surface area contributed by atoms with Crippen LogP contribution in [0.5, 0.6) is 0 Å². The maximum Gasteiger partial charge on any atom is 0.0949 e. The fourth-order valence-electron chi connectivity index (χ4n) is 2.82. The molecule has 0 amide bonds. The van der Waals surface area contributed by atoms with E-state index in [0.29, 0.717) is 6.04 Å². The number of imidazole rings is 1. The molecule has 0 saturated carbocycles. The third kappa shape index (κ3) is 2.74. The van der Waals surface area contributed by atoms with Gasteiger partial charge in [0, 0.05) is 38.4 Å². The van der Waals surface area contributed by atoms with Crippen LogP contribution in [0.1, 0.15) is 24.6 Å². The molecule has 1 N–H and O–H groups in total. The van der Waals surface area contributed by atoms with Crippen LogP contribution in [-0.2, 0) is 11.3 Å². The highest BCUT2D eigenvalue weighted by Crippen LogP contribution is 2.22. The number of hydrogen-bond acceptors (Lipinski definition) is 4. The molecule has 0 bridgehead atoms. The molecule has 0 radical (unpaired) electrons. The molecule has 1 unspecified atom stereocenters. The van der Waals surface area contributed by atoms with Crippen molar-refractivity contribution in [1.82, 2.24) is 19.8 Å². The molecule has 5 heteroatoms. The highest BCUT2D eigenvalue weighted by atomic mass is 16.5. The van der Waals surface area contributed by atoms with E-state index in [1.165, 1.54) is 18.5 Å². The number of ether oxygens (including phenoxy) is 1. The molecule has 2 aliphatic heterocycles. The second kappa shape index (κ2) is 5.82. The van der Waals surface area contributed by atoms with Crippen LogP contribution >= 0.6 is 0 Å². The number of hydrogen-bond donors (Lipinski definition) is 1. The summed E-state index contributed by atoms with van der Waals surface area (Å²) in [5.74, 6) is 0. The topological polar surface area (TPSA) is 42.3 Å². The second-order valence-corrected chi connectivity index (χ2v) is 5.11.